The molecule has 0 radical (unpaired) electrons. The summed E-state index contributed by atoms with van der Waals surface area (Å²) in [6.07, 6.45) is 0. The van der Waals surface area contributed by atoms with Crippen LogP contribution in [0.25, 0.3) is 0 Å². The van der Waals surface area contributed by atoms with Gasteiger partial charge >= 0.3 is 0 Å². The highest BCUT2D eigenvalue weighted by Crippen LogP contribution is 2.24. The van der Waals surface area contributed by atoms with Crippen LogP contribution in [0.4, 0.5) is 4.39 Å². The summed E-state index contributed by atoms with van der Waals surface area (Å²) in [7, 11) is 1.63. The summed E-state index contributed by atoms with van der Waals surface area (Å²) in [5.74, 6) is 0.340. The summed E-state index contributed by atoms with van der Waals surface area (Å²) in [6.45, 7) is 3.92. The third-order valence-electron chi connectivity index (χ3n) is 3.57. The number of benzene rings is 2. The first-order chi connectivity index (χ1) is 10.0. The highest BCUT2D eigenvalue weighted by Gasteiger charge is 2.15. The van der Waals surface area contributed by atoms with Gasteiger partial charge in [-0.3, -0.25) is 0 Å². The highest BCUT2D eigenvalue weighted by molar-refractivity contribution is 5.31. The van der Waals surface area contributed by atoms with Crippen molar-refractivity contribution in [3.63, 3.8) is 0 Å². The maximum Gasteiger partial charge on any atom is 0.131 e. The van der Waals surface area contributed by atoms with E-state index in [0.29, 0.717) is 5.56 Å². The van der Waals surface area contributed by atoms with E-state index in [1.165, 1.54) is 6.07 Å². The Labute approximate surface area is 124 Å². The Hall–Kier alpha value is -2.07. The summed E-state index contributed by atoms with van der Waals surface area (Å²) in [5.41, 5.74) is 1.63. The van der Waals surface area contributed by atoms with Gasteiger partial charge < -0.3 is 15.2 Å². The Morgan fingerprint density at radius 3 is 2.29 bits per heavy atom. The average Bonchev–Trinajstić information content (AvgIpc) is 2.47. The molecule has 4 heteroatoms. The molecule has 0 aliphatic heterocycles. The predicted molar refractivity (Wildman–Crippen MR) is 81.0 cm³/mol. The Balaban J connectivity index is 2.08. The second-order valence-electron chi connectivity index (χ2n) is 5.09. The van der Waals surface area contributed by atoms with E-state index in [4.69, 9.17) is 4.74 Å². The van der Waals surface area contributed by atoms with Crippen molar-refractivity contribution in [2.24, 2.45) is 0 Å². The zero-order chi connectivity index (χ0) is 15.4. The molecule has 2 aromatic rings. The number of methoxy groups -OCH3 is 1. The van der Waals surface area contributed by atoms with Gasteiger partial charge in [-0.25, -0.2) is 4.39 Å². The molecule has 2 atom stereocenters. The lowest BCUT2D eigenvalue weighted by Gasteiger charge is -2.21. The van der Waals surface area contributed by atoms with Gasteiger partial charge in [-0.15, -0.1) is 0 Å². The predicted octanol–water partition coefficient (Wildman–Crippen LogP) is 3.95. The van der Waals surface area contributed by atoms with Gasteiger partial charge in [-0.05, 0) is 37.6 Å². The van der Waals surface area contributed by atoms with Crippen molar-refractivity contribution in [1.82, 2.24) is 5.32 Å². The molecule has 1 unspecified atom stereocenters. The van der Waals surface area contributed by atoms with Crippen molar-refractivity contribution < 1.29 is 14.2 Å². The van der Waals surface area contributed by atoms with Gasteiger partial charge in [0.1, 0.15) is 17.3 Å². The molecular formula is C17H20FNO2. The molecule has 0 heterocycles. The molecule has 0 aromatic heterocycles. The van der Waals surface area contributed by atoms with Crippen molar-refractivity contribution in [3.8, 4) is 11.5 Å². The zero-order valence-corrected chi connectivity index (χ0v) is 12.4. The van der Waals surface area contributed by atoms with Gasteiger partial charge in [0.15, 0.2) is 0 Å². The molecule has 3 nitrogen and oxygen atoms in total. The van der Waals surface area contributed by atoms with Crippen LogP contribution in [0.15, 0.2) is 42.5 Å². The van der Waals surface area contributed by atoms with Crippen LogP contribution in [-0.2, 0) is 0 Å². The minimum atomic E-state index is -0.406. The molecule has 112 valence electrons. The largest absolute Gasteiger partial charge is 0.508 e. The third-order valence-corrected chi connectivity index (χ3v) is 3.57. The van der Waals surface area contributed by atoms with E-state index in [-0.39, 0.29) is 17.8 Å². The second kappa shape index (κ2) is 6.59. The third kappa shape index (κ3) is 3.73. The molecule has 0 fully saturated rings. The van der Waals surface area contributed by atoms with Gasteiger partial charge in [-0.1, -0.05) is 18.2 Å². The molecule has 2 aromatic carbocycles. The number of nitrogens with one attached hydrogen (secondary N) is 1. The van der Waals surface area contributed by atoms with Crippen molar-refractivity contribution >= 4 is 0 Å². The van der Waals surface area contributed by atoms with Gasteiger partial charge in [0.25, 0.3) is 0 Å². The molecular weight excluding hydrogens is 269 g/mol. The number of rotatable bonds is 5. The molecule has 0 saturated carbocycles. The van der Waals surface area contributed by atoms with E-state index in [1.807, 2.05) is 38.1 Å². The number of ether oxygens (including phenoxy) is 1. The van der Waals surface area contributed by atoms with E-state index in [0.717, 1.165) is 17.4 Å². The van der Waals surface area contributed by atoms with Gasteiger partial charge in [-0.2, -0.15) is 0 Å². The lowest BCUT2D eigenvalue weighted by atomic mass is 10.0. The average molecular weight is 289 g/mol. The number of phenols is 1. The molecule has 21 heavy (non-hydrogen) atoms. The molecule has 0 amide bonds. The lowest BCUT2D eigenvalue weighted by molar-refractivity contribution is 0.414. The molecule has 2 N–H and O–H groups in total. The fourth-order valence-corrected chi connectivity index (χ4v) is 2.32. The zero-order valence-electron chi connectivity index (χ0n) is 12.4. The van der Waals surface area contributed by atoms with Crippen LogP contribution in [0.5, 0.6) is 11.5 Å². The molecule has 0 bridgehead atoms. The monoisotopic (exact) mass is 289 g/mol. The van der Waals surface area contributed by atoms with E-state index < -0.39 is 5.82 Å². The van der Waals surface area contributed by atoms with Crippen molar-refractivity contribution in [3.05, 3.63) is 59.4 Å². The number of aromatic hydroxyl groups is 1. The lowest BCUT2D eigenvalue weighted by Crippen LogP contribution is -2.23. The highest BCUT2D eigenvalue weighted by atomic mass is 19.1. The van der Waals surface area contributed by atoms with Crippen LogP contribution in [0, 0.1) is 5.82 Å². The Kier molecular flexibility index (Phi) is 4.81. The van der Waals surface area contributed by atoms with E-state index in [1.54, 1.807) is 13.2 Å². The fraction of sp³-hybridized carbons (Fsp3) is 0.294. The van der Waals surface area contributed by atoms with E-state index >= 15 is 0 Å². The van der Waals surface area contributed by atoms with Gasteiger partial charge in [0.2, 0.25) is 0 Å². The molecule has 0 saturated heterocycles. The van der Waals surface area contributed by atoms with Crippen molar-refractivity contribution in [2.45, 2.75) is 25.9 Å². The summed E-state index contributed by atoms with van der Waals surface area (Å²) < 4.78 is 19.0. The Bertz CT molecular complexity index is 598. The Morgan fingerprint density at radius 2 is 1.71 bits per heavy atom. The summed E-state index contributed by atoms with van der Waals surface area (Å²) in [6, 6.07) is 11.9. The maximum atomic E-state index is 13.8. The Morgan fingerprint density at radius 1 is 1.05 bits per heavy atom. The normalized spacial score (nSPS) is 13.7. The maximum absolute atomic E-state index is 13.8. The number of hydrogen-bond acceptors (Lipinski definition) is 3. The second-order valence-corrected chi connectivity index (χ2v) is 5.09. The van der Waals surface area contributed by atoms with E-state index in [9.17, 15) is 9.50 Å². The smallest absolute Gasteiger partial charge is 0.131 e. The summed E-state index contributed by atoms with van der Waals surface area (Å²) in [4.78, 5) is 0. The van der Waals surface area contributed by atoms with E-state index in [2.05, 4.69) is 5.32 Å². The van der Waals surface area contributed by atoms with Crippen LogP contribution in [-0.4, -0.2) is 12.2 Å². The summed E-state index contributed by atoms with van der Waals surface area (Å²) in [5, 5.41) is 12.6. The minimum absolute atomic E-state index is 0.0633. The van der Waals surface area contributed by atoms with Gasteiger partial charge in [0, 0.05) is 23.7 Å². The number of halogens is 1. The molecule has 0 aliphatic rings. The SMILES string of the molecule is COc1ccc([C@H](C)NC(C)c2ccc(O)cc2F)cc1. The van der Waals surface area contributed by atoms with Crippen LogP contribution in [0.3, 0.4) is 0 Å². The van der Waals surface area contributed by atoms with Crippen LogP contribution in [0.1, 0.15) is 37.1 Å². The summed E-state index contributed by atoms with van der Waals surface area (Å²) >= 11 is 0. The van der Waals surface area contributed by atoms with Gasteiger partial charge in [0.05, 0.1) is 7.11 Å². The fourth-order valence-electron chi connectivity index (χ4n) is 2.32. The topological polar surface area (TPSA) is 41.5 Å². The first kappa shape index (κ1) is 15.3. The quantitative estimate of drug-likeness (QED) is 0.875. The van der Waals surface area contributed by atoms with Crippen LogP contribution in [0.2, 0.25) is 0 Å². The number of hydrogen-bond donors (Lipinski definition) is 2. The molecule has 2 rings (SSSR count). The van der Waals surface area contributed by atoms with Crippen LogP contribution < -0.4 is 10.1 Å². The molecule has 0 spiro atoms. The number of phenolic OH excluding ortho intramolecular Hbond substituents is 1. The molecule has 0 aliphatic carbocycles. The van der Waals surface area contributed by atoms with Crippen molar-refractivity contribution in [2.75, 3.05) is 7.11 Å². The first-order valence-electron chi connectivity index (χ1n) is 6.89. The minimum Gasteiger partial charge on any atom is -0.508 e. The van der Waals surface area contributed by atoms with Crippen LogP contribution >= 0.6 is 0 Å². The standard InChI is InChI=1S/C17H20FNO2/c1-11(13-4-7-15(21-3)8-5-13)19-12(2)16-9-6-14(20)10-17(16)18/h4-12,19-20H,1-3H3/t11-,12?/m0/s1. The van der Waals surface area contributed by atoms with Crippen molar-refractivity contribution in [1.29, 1.82) is 0 Å². The first-order valence-corrected chi connectivity index (χ1v) is 6.89.